The molecule has 1 N–H and O–H groups in total. The molecule has 1 aliphatic heterocycles. The molecule has 4 heterocycles. The second kappa shape index (κ2) is 14.0. The number of anilines is 1. The number of unbranched alkanes of at least 4 members (excludes halogenated alkanes) is 1. The van der Waals surface area contributed by atoms with Crippen LogP contribution in [0.15, 0.2) is 41.7 Å². The number of hydrogen-bond acceptors (Lipinski definition) is 9. The molecule has 37 heavy (non-hydrogen) atoms. The van der Waals surface area contributed by atoms with Gasteiger partial charge in [0.15, 0.2) is 0 Å². The molecule has 8 nitrogen and oxygen atoms in total. The highest BCUT2D eigenvalue weighted by molar-refractivity contribution is 7.94. The van der Waals surface area contributed by atoms with E-state index in [0.717, 1.165) is 80.6 Å². The van der Waals surface area contributed by atoms with Crippen molar-refractivity contribution in [2.24, 2.45) is 0 Å². The molecule has 1 fully saturated rings. The van der Waals surface area contributed by atoms with Crippen LogP contribution in [0.5, 0.6) is 0 Å². The maximum absolute atomic E-state index is 6.36. The lowest BCUT2D eigenvalue weighted by atomic mass is 10.2. The summed E-state index contributed by atoms with van der Waals surface area (Å²) in [7, 11) is 0. The average molecular weight is 542 g/mol. The zero-order valence-corrected chi connectivity index (χ0v) is 23.5. The number of nitrogens with one attached hydrogen (secondary N) is 1. The minimum Gasteiger partial charge on any atom is -0.363 e. The Bertz CT molecular complexity index is 1140. The van der Waals surface area contributed by atoms with Crippen molar-refractivity contribution in [3.05, 3.63) is 70.2 Å². The van der Waals surface area contributed by atoms with Crippen LogP contribution >= 0.6 is 23.6 Å². The molecular weight excluding hydrogens is 506 g/mol. The summed E-state index contributed by atoms with van der Waals surface area (Å²) in [6.07, 6.45) is 7.76. The van der Waals surface area contributed by atoms with Gasteiger partial charge in [-0.1, -0.05) is 11.6 Å². The lowest BCUT2D eigenvalue weighted by Gasteiger charge is -2.34. The van der Waals surface area contributed by atoms with Gasteiger partial charge in [-0.25, -0.2) is 9.97 Å². The van der Waals surface area contributed by atoms with Gasteiger partial charge in [-0.2, -0.15) is 0 Å². The first-order valence-electron chi connectivity index (χ1n) is 12.8. The lowest BCUT2D eigenvalue weighted by Crippen LogP contribution is -2.46. The fraction of sp³-hybridized carbons (Fsp3) is 0.481. The van der Waals surface area contributed by atoms with Crippen LogP contribution in [0, 0.1) is 20.8 Å². The molecule has 0 saturated carbocycles. The number of rotatable bonds is 12. The van der Waals surface area contributed by atoms with Crippen LogP contribution < -0.4 is 5.32 Å². The fourth-order valence-electron chi connectivity index (χ4n) is 4.33. The molecule has 10 heteroatoms. The Morgan fingerprint density at radius 3 is 2.51 bits per heavy atom. The van der Waals surface area contributed by atoms with Crippen LogP contribution in [0.2, 0.25) is 5.02 Å². The van der Waals surface area contributed by atoms with Gasteiger partial charge in [0.1, 0.15) is 16.7 Å². The van der Waals surface area contributed by atoms with Crippen molar-refractivity contribution in [3.63, 3.8) is 0 Å². The molecular formula is C27H36ClN7OS. The van der Waals surface area contributed by atoms with Gasteiger partial charge in [0, 0.05) is 68.3 Å². The molecule has 0 bridgehead atoms. The van der Waals surface area contributed by atoms with Gasteiger partial charge in [-0.3, -0.25) is 14.9 Å². The molecule has 1 saturated heterocycles. The largest absolute Gasteiger partial charge is 0.363 e. The van der Waals surface area contributed by atoms with Crippen molar-refractivity contribution in [3.8, 4) is 0 Å². The average Bonchev–Trinajstić information content (AvgIpc) is 2.90. The van der Waals surface area contributed by atoms with E-state index in [4.69, 9.17) is 15.8 Å². The molecule has 1 aliphatic rings. The molecule has 0 unspecified atom stereocenters. The Morgan fingerprint density at radius 1 is 0.973 bits per heavy atom. The Labute approximate surface area is 229 Å². The van der Waals surface area contributed by atoms with E-state index in [1.807, 2.05) is 38.5 Å². The third-order valence-corrected chi connectivity index (χ3v) is 7.89. The van der Waals surface area contributed by atoms with Gasteiger partial charge in [0.25, 0.3) is 0 Å². The lowest BCUT2D eigenvalue weighted by molar-refractivity contribution is 0.124. The standard InChI is InChI=1S/C27H36ClN7OS/c1-20-24(18-31-27-26(28)21(2)32-22(3)33-27)30-11-8-25(20)37-36-17-5-4-12-34-13-15-35(16-14-34)19-23-6-9-29-10-7-23/h6-11H,4-5,12-19H2,1-3H3,(H,31,32,33). The normalized spacial score (nSPS) is 14.7. The summed E-state index contributed by atoms with van der Waals surface area (Å²) in [5.41, 5.74) is 4.15. The van der Waals surface area contributed by atoms with E-state index in [9.17, 15) is 0 Å². The number of halogens is 1. The van der Waals surface area contributed by atoms with Gasteiger partial charge >= 0.3 is 0 Å². The van der Waals surface area contributed by atoms with Crippen molar-refractivity contribution in [1.82, 2.24) is 29.7 Å². The summed E-state index contributed by atoms with van der Waals surface area (Å²) in [6.45, 7) is 13.7. The summed E-state index contributed by atoms with van der Waals surface area (Å²) in [5, 5.41) is 3.85. The Kier molecular flexibility index (Phi) is 10.5. The van der Waals surface area contributed by atoms with Gasteiger partial charge in [-0.05, 0) is 69.5 Å². The first-order valence-corrected chi connectivity index (χ1v) is 13.9. The van der Waals surface area contributed by atoms with Gasteiger partial charge < -0.3 is 14.4 Å². The molecule has 0 atom stereocenters. The number of piperazine rings is 1. The van der Waals surface area contributed by atoms with Crippen LogP contribution in [0.3, 0.4) is 0 Å². The van der Waals surface area contributed by atoms with E-state index in [1.165, 1.54) is 17.6 Å². The van der Waals surface area contributed by atoms with E-state index < -0.39 is 0 Å². The second-order valence-corrected chi connectivity index (χ2v) is 10.6. The number of aryl methyl sites for hydroxylation is 2. The minimum atomic E-state index is 0.533. The third-order valence-electron chi connectivity index (χ3n) is 6.53. The maximum atomic E-state index is 6.36. The molecule has 0 spiro atoms. The highest BCUT2D eigenvalue weighted by Gasteiger charge is 2.16. The smallest absolute Gasteiger partial charge is 0.149 e. The van der Waals surface area contributed by atoms with Crippen molar-refractivity contribution >= 4 is 29.5 Å². The predicted octanol–water partition coefficient (Wildman–Crippen LogP) is 5.08. The first-order chi connectivity index (χ1) is 18.0. The second-order valence-electron chi connectivity index (χ2n) is 9.34. The fourth-order valence-corrected chi connectivity index (χ4v) is 5.17. The first kappa shape index (κ1) is 27.7. The SMILES string of the molecule is Cc1nc(C)c(Cl)c(NCc2nccc(SOCCCCN3CCN(Cc4ccncc4)CC3)c2C)n1. The van der Waals surface area contributed by atoms with Crippen molar-refractivity contribution in [2.75, 3.05) is 44.6 Å². The van der Waals surface area contributed by atoms with Crippen molar-refractivity contribution in [2.45, 2.75) is 51.6 Å². The van der Waals surface area contributed by atoms with E-state index in [1.54, 1.807) is 0 Å². The minimum absolute atomic E-state index is 0.533. The molecule has 4 rings (SSSR count). The molecule has 198 valence electrons. The topological polar surface area (TPSA) is 79.3 Å². The third kappa shape index (κ3) is 8.35. The number of nitrogens with zero attached hydrogens (tertiary/aromatic N) is 6. The Balaban J connectivity index is 1.13. The quantitative estimate of drug-likeness (QED) is 0.249. The molecule has 0 amide bonds. The Hall–Kier alpha value is -2.30. The summed E-state index contributed by atoms with van der Waals surface area (Å²) in [6, 6.07) is 6.21. The van der Waals surface area contributed by atoms with E-state index in [0.29, 0.717) is 23.2 Å². The number of pyridine rings is 2. The van der Waals surface area contributed by atoms with E-state index in [-0.39, 0.29) is 0 Å². The van der Waals surface area contributed by atoms with Gasteiger partial charge in [-0.15, -0.1) is 0 Å². The Morgan fingerprint density at radius 2 is 1.73 bits per heavy atom. The highest BCUT2D eigenvalue weighted by atomic mass is 35.5. The summed E-state index contributed by atoms with van der Waals surface area (Å²) in [4.78, 5) is 23.5. The number of hydrogen-bond donors (Lipinski definition) is 1. The van der Waals surface area contributed by atoms with Crippen LogP contribution in [0.1, 0.15) is 41.2 Å². The highest BCUT2D eigenvalue weighted by Crippen LogP contribution is 2.27. The van der Waals surface area contributed by atoms with Crippen LogP contribution in [-0.4, -0.2) is 69.1 Å². The summed E-state index contributed by atoms with van der Waals surface area (Å²) in [5.74, 6) is 1.33. The summed E-state index contributed by atoms with van der Waals surface area (Å²) < 4.78 is 5.94. The predicted molar refractivity (Wildman–Crippen MR) is 150 cm³/mol. The zero-order valence-electron chi connectivity index (χ0n) is 21.9. The van der Waals surface area contributed by atoms with Crippen molar-refractivity contribution in [1.29, 1.82) is 0 Å². The number of aromatic nitrogens is 4. The zero-order chi connectivity index (χ0) is 26.0. The maximum Gasteiger partial charge on any atom is 0.149 e. The molecule has 3 aromatic rings. The molecule has 3 aromatic heterocycles. The monoisotopic (exact) mass is 541 g/mol. The molecule has 0 aromatic carbocycles. The van der Waals surface area contributed by atoms with Crippen molar-refractivity contribution < 1.29 is 4.18 Å². The van der Waals surface area contributed by atoms with Crippen LogP contribution in [0.25, 0.3) is 0 Å². The van der Waals surface area contributed by atoms with E-state index >= 15 is 0 Å². The van der Waals surface area contributed by atoms with Crippen LogP contribution in [0.4, 0.5) is 5.82 Å². The van der Waals surface area contributed by atoms with E-state index in [2.05, 4.69) is 54.1 Å². The molecule has 0 aliphatic carbocycles. The molecule has 0 radical (unpaired) electrons. The van der Waals surface area contributed by atoms with Gasteiger partial charge in [0.05, 0.1) is 24.5 Å². The van der Waals surface area contributed by atoms with Gasteiger partial charge in [0.2, 0.25) is 0 Å². The van der Waals surface area contributed by atoms with Crippen LogP contribution in [-0.2, 0) is 17.3 Å². The summed E-state index contributed by atoms with van der Waals surface area (Å²) >= 11 is 7.79.